The van der Waals surface area contributed by atoms with Gasteiger partial charge in [-0.1, -0.05) is 20.3 Å². The molecular weight excluding hydrogens is 236 g/mol. The van der Waals surface area contributed by atoms with Crippen LogP contribution < -0.4 is 5.32 Å². The van der Waals surface area contributed by atoms with Crippen molar-refractivity contribution in [2.45, 2.75) is 39.2 Å². The van der Waals surface area contributed by atoms with Crippen LogP contribution in [0, 0.1) is 10.1 Å². The highest BCUT2D eigenvalue weighted by molar-refractivity contribution is 5.59. The fraction of sp³-hybridized carbons (Fsp3) is 0.727. The molecular formula is C11H20N4O3. The highest BCUT2D eigenvalue weighted by Crippen LogP contribution is 2.28. The Hall–Kier alpha value is -1.63. The van der Waals surface area contributed by atoms with Gasteiger partial charge in [-0.2, -0.15) is 5.10 Å². The molecule has 7 nitrogen and oxygen atoms in total. The topological polar surface area (TPSA) is 93.2 Å². The Morgan fingerprint density at radius 3 is 2.72 bits per heavy atom. The van der Waals surface area contributed by atoms with E-state index in [0.29, 0.717) is 24.4 Å². The first-order valence-electron chi connectivity index (χ1n) is 6.13. The Labute approximate surface area is 106 Å². The van der Waals surface area contributed by atoms with Crippen LogP contribution >= 0.6 is 0 Å². The van der Waals surface area contributed by atoms with Gasteiger partial charge in [0, 0.05) is 13.6 Å². The zero-order valence-corrected chi connectivity index (χ0v) is 11.0. The van der Waals surface area contributed by atoms with Crippen LogP contribution in [0.25, 0.3) is 0 Å². The van der Waals surface area contributed by atoms with E-state index in [1.54, 1.807) is 7.05 Å². The summed E-state index contributed by atoms with van der Waals surface area (Å²) >= 11 is 0. The average Bonchev–Trinajstić information content (AvgIpc) is 2.63. The standard InChI is InChI=1S/C11H20N4O3/c1-4-6-8(16)7-12-11-10(15(17)18)9(5-2)13-14(11)3/h8,12,16H,4-7H2,1-3H3. The van der Waals surface area contributed by atoms with Gasteiger partial charge in [0.15, 0.2) is 0 Å². The van der Waals surface area contributed by atoms with E-state index in [9.17, 15) is 15.2 Å². The highest BCUT2D eigenvalue weighted by atomic mass is 16.6. The molecule has 0 bridgehead atoms. The number of nitro groups is 1. The number of hydrogen-bond donors (Lipinski definition) is 2. The molecule has 1 atom stereocenters. The summed E-state index contributed by atoms with van der Waals surface area (Å²) in [7, 11) is 1.65. The minimum Gasteiger partial charge on any atom is -0.391 e. The van der Waals surface area contributed by atoms with E-state index < -0.39 is 11.0 Å². The first kappa shape index (κ1) is 14.4. The van der Waals surface area contributed by atoms with Gasteiger partial charge >= 0.3 is 5.69 Å². The molecule has 0 amide bonds. The van der Waals surface area contributed by atoms with Crippen LogP contribution in [0.2, 0.25) is 0 Å². The zero-order valence-electron chi connectivity index (χ0n) is 11.0. The molecule has 0 aliphatic carbocycles. The number of anilines is 1. The molecule has 0 aliphatic heterocycles. The van der Waals surface area contributed by atoms with Crippen LogP contribution in [0.4, 0.5) is 11.5 Å². The number of aryl methyl sites for hydroxylation is 2. The lowest BCUT2D eigenvalue weighted by molar-refractivity contribution is -0.384. The number of aliphatic hydroxyl groups is 1. The quantitative estimate of drug-likeness (QED) is 0.569. The fourth-order valence-corrected chi connectivity index (χ4v) is 1.85. The fourth-order valence-electron chi connectivity index (χ4n) is 1.85. The Morgan fingerprint density at radius 2 is 2.22 bits per heavy atom. The molecule has 1 aromatic heterocycles. The second kappa shape index (κ2) is 6.34. The number of aromatic nitrogens is 2. The largest absolute Gasteiger partial charge is 0.391 e. The smallest absolute Gasteiger partial charge is 0.333 e. The van der Waals surface area contributed by atoms with E-state index in [1.165, 1.54) is 4.68 Å². The van der Waals surface area contributed by atoms with Crippen molar-refractivity contribution in [1.29, 1.82) is 0 Å². The van der Waals surface area contributed by atoms with Gasteiger partial charge in [0.2, 0.25) is 5.82 Å². The van der Waals surface area contributed by atoms with Crippen LogP contribution in [0.3, 0.4) is 0 Å². The summed E-state index contributed by atoms with van der Waals surface area (Å²) in [6, 6.07) is 0. The summed E-state index contributed by atoms with van der Waals surface area (Å²) in [6.45, 7) is 4.09. The SMILES string of the molecule is CCCC(O)CNc1c([N+](=O)[O-])c(CC)nn1C. The number of nitrogens with zero attached hydrogens (tertiary/aromatic N) is 3. The van der Waals surface area contributed by atoms with Crippen molar-refractivity contribution in [1.82, 2.24) is 9.78 Å². The summed E-state index contributed by atoms with van der Waals surface area (Å²) in [5, 5.41) is 27.7. The van der Waals surface area contributed by atoms with Crippen LogP contribution in [0.15, 0.2) is 0 Å². The van der Waals surface area contributed by atoms with Gasteiger partial charge in [-0.3, -0.25) is 10.1 Å². The number of nitrogens with one attached hydrogen (secondary N) is 1. The summed E-state index contributed by atoms with van der Waals surface area (Å²) in [4.78, 5) is 10.6. The van der Waals surface area contributed by atoms with Gasteiger partial charge < -0.3 is 10.4 Å². The first-order chi connectivity index (χ1) is 8.51. The second-order valence-electron chi connectivity index (χ2n) is 4.20. The van der Waals surface area contributed by atoms with E-state index in [1.807, 2.05) is 13.8 Å². The van der Waals surface area contributed by atoms with Gasteiger partial charge in [-0.25, -0.2) is 4.68 Å². The van der Waals surface area contributed by atoms with Gasteiger partial charge in [0.05, 0.1) is 11.0 Å². The molecule has 1 unspecified atom stereocenters. The molecule has 0 fully saturated rings. The lowest BCUT2D eigenvalue weighted by Gasteiger charge is -2.11. The third kappa shape index (κ3) is 3.19. The molecule has 1 rings (SSSR count). The lowest BCUT2D eigenvalue weighted by Crippen LogP contribution is -2.20. The molecule has 0 aliphatic rings. The number of rotatable bonds is 7. The summed E-state index contributed by atoms with van der Waals surface area (Å²) in [6.07, 6.45) is 1.54. The van der Waals surface area contributed by atoms with E-state index in [0.717, 1.165) is 6.42 Å². The molecule has 18 heavy (non-hydrogen) atoms. The van der Waals surface area contributed by atoms with Crippen LogP contribution in [-0.2, 0) is 13.5 Å². The van der Waals surface area contributed by atoms with Gasteiger partial charge in [-0.05, 0) is 12.8 Å². The molecule has 2 N–H and O–H groups in total. The number of aliphatic hydroxyl groups excluding tert-OH is 1. The maximum Gasteiger partial charge on any atom is 0.333 e. The molecule has 0 saturated heterocycles. The summed E-state index contributed by atoms with van der Waals surface area (Å²) in [5.41, 5.74) is 0.457. The minimum absolute atomic E-state index is 0.00342. The Kier molecular flexibility index (Phi) is 5.08. The van der Waals surface area contributed by atoms with Crippen molar-refractivity contribution >= 4 is 11.5 Å². The van der Waals surface area contributed by atoms with Crippen LogP contribution in [-0.4, -0.2) is 32.5 Å². The van der Waals surface area contributed by atoms with Crippen molar-refractivity contribution in [2.75, 3.05) is 11.9 Å². The zero-order chi connectivity index (χ0) is 13.7. The lowest BCUT2D eigenvalue weighted by atomic mass is 10.2. The molecule has 0 saturated carbocycles. The van der Waals surface area contributed by atoms with Gasteiger partial charge in [0.1, 0.15) is 5.69 Å². The van der Waals surface area contributed by atoms with Crippen molar-refractivity contribution in [2.24, 2.45) is 7.05 Å². The highest BCUT2D eigenvalue weighted by Gasteiger charge is 2.25. The van der Waals surface area contributed by atoms with Crippen LogP contribution in [0.1, 0.15) is 32.4 Å². The molecule has 1 aromatic rings. The predicted octanol–water partition coefficient (Wildman–Crippen LogP) is 1.46. The van der Waals surface area contributed by atoms with Crippen LogP contribution in [0.5, 0.6) is 0 Å². The summed E-state index contributed by atoms with van der Waals surface area (Å²) < 4.78 is 1.45. The second-order valence-corrected chi connectivity index (χ2v) is 4.20. The molecule has 0 aromatic carbocycles. The Bertz CT molecular complexity index is 417. The first-order valence-corrected chi connectivity index (χ1v) is 6.13. The van der Waals surface area contributed by atoms with Crippen molar-refractivity contribution in [3.05, 3.63) is 15.8 Å². The Balaban J connectivity index is 2.87. The predicted molar refractivity (Wildman–Crippen MR) is 68.6 cm³/mol. The van der Waals surface area contributed by atoms with Crippen molar-refractivity contribution in [3.63, 3.8) is 0 Å². The minimum atomic E-state index is -0.505. The number of hydrogen-bond acceptors (Lipinski definition) is 5. The Morgan fingerprint density at radius 1 is 1.56 bits per heavy atom. The molecule has 102 valence electrons. The maximum atomic E-state index is 11.0. The average molecular weight is 256 g/mol. The molecule has 0 spiro atoms. The normalized spacial score (nSPS) is 12.4. The van der Waals surface area contributed by atoms with Crippen molar-refractivity contribution < 1.29 is 10.0 Å². The van der Waals surface area contributed by atoms with E-state index >= 15 is 0 Å². The summed E-state index contributed by atoms with van der Waals surface area (Å²) in [5.74, 6) is 0.354. The molecule has 1 heterocycles. The van der Waals surface area contributed by atoms with Gasteiger partial charge in [0.25, 0.3) is 0 Å². The maximum absolute atomic E-state index is 11.0. The molecule has 0 radical (unpaired) electrons. The van der Waals surface area contributed by atoms with E-state index in [2.05, 4.69) is 10.4 Å². The van der Waals surface area contributed by atoms with E-state index in [-0.39, 0.29) is 12.2 Å². The van der Waals surface area contributed by atoms with Gasteiger partial charge in [-0.15, -0.1) is 0 Å². The third-order valence-electron chi connectivity index (χ3n) is 2.74. The third-order valence-corrected chi connectivity index (χ3v) is 2.74. The van der Waals surface area contributed by atoms with E-state index in [4.69, 9.17) is 0 Å². The van der Waals surface area contributed by atoms with Crippen molar-refractivity contribution in [3.8, 4) is 0 Å². The molecule has 7 heteroatoms. The monoisotopic (exact) mass is 256 g/mol.